The lowest BCUT2D eigenvalue weighted by atomic mass is 9.94. The molecule has 3 N–H and O–H groups in total. The summed E-state index contributed by atoms with van der Waals surface area (Å²) in [6, 6.07) is 11.3. The van der Waals surface area contributed by atoms with E-state index < -0.39 is 0 Å². The second-order valence-electron chi connectivity index (χ2n) is 5.36. The third kappa shape index (κ3) is 6.22. The van der Waals surface area contributed by atoms with Crippen LogP contribution in [0.25, 0.3) is 0 Å². The van der Waals surface area contributed by atoms with E-state index in [1.165, 1.54) is 0 Å². The Morgan fingerprint density at radius 2 is 1.87 bits per heavy atom. The van der Waals surface area contributed by atoms with Crippen molar-refractivity contribution in [3.63, 3.8) is 0 Å². The Morgan fingerprint density at radius 1 is 1.22 bits per heavy atom. The van der Waals surface area contributed by atoms with Gasteiger partial charge in [0.15, 0.2) is 0 Å². The quantitative estimate of drug-likeness (QED) is 0.833. The van der Waals surface area contributed by atoms with Crippen LogP contribution in [0.1, 0.15) is 25.5 Å². The number of hydrogen-bond acceptors (Lipinski definition) is 3. The molecule has 2 aromatic rings. The van der Waals surface area contributed by atoms with E-state index in [4.69, 9.17) is 5.73 Å². The number of benzene rings is 1. The molecule has 2 rings (SSSR count). The fourth-order valence-electron chi connectivity index (χ4n) is 2.24. The molecule has 1 aromatic heterocycles. The van der Waals surface area contributed by atoms with E-state index in [0.29, 0.717) is 6.54 Å². The normalized spacial score (nSPS) is 13.9. The number of nitrogens with two attached hydrogens (primary N) is 1. The molecule has 0 fully saturated rings. The molecular weight excluding hydrogens is 335 g/mol. The second kappa shape index (κ2) is 10.3. The summed E-state index contributed by atoms with van der Waals surface area (Å²) in [7, 11) is 0. The van der Waals surface area contributed by atoms with E-state index in [1.54, 1.807) is 10.9 Å². The molecule has 5 nitrogen and oxygen atoms in total. The maximum absolute atomic E-state index is 12.3. The Balaban J connectivity index is 0.00000242. The number of halogens is 2. The van der Waals surface area contributed by atoms with Crippen LogP contribution in [-0.4, -0.2) is 21.7 Å². The van der Waals surface area contributed by atoms with Crippen LogP contribution >= 0.6 is 24.8 Å². The van der Waals surface area contributed by atoms with Crippen LogP contribution in [0.3, 0.4) is 0 Å². The van der Waals surface area contributed by atoms with Crippen LogP contribution in [0, 0.1) is 5.92 Å². The molecule has 23 heavy (non-hydrogen) atoms. The van der Waals surface area contributed by atoms with Crippen molar-refractivity contribution >= 4 is 30.7 Å². The topological polar surface area (TPSA) is 72.9 Å². The first-order valence-corrected chi connectivity index (χ1v) is 7.16. The average Bonchev–Trinajstić information content (AvgIpc) is 2.99. The molecule has 128 valence electrons. The minimum Gasteiger partial charge on any atom is -0.351 e. The predicted molar refractivity (Wildman–Crippen MR) is 96.9 cm³/mol. The van der Waals surface area contributed by atoms with Gasteiger partial charge in [-0.05, 0) is 18.6 Å². The Morgan fingerprint density at radius 3 is 2.43 bits per heavy atom. The van der Waals surface area contributed by atoms with Gasteiger partial charge in [0.2, 0.25) is 5.91 Å². The molecule has 3 atom stereocenters. The lowest BCUT2D eigenvalue weighted by Gasteiger charge is -2.22. The van der Waals surface area contributed by atoms with Crippen molar-refractivity contribution in [3.05, 3.63) is 54.4 Å². The van der Waals surface area contributed by atoms with Crippen molar-refractivity contribution in [2.24, 2.45) is 11.7 Å². The smallest absolute Gasteiger partial charge is 0.225 e. The maximum atomic E-state index is 12.3. The highest BCUT2D eigenvalue weighted by atomic mass is 35.5. The molecule has 3 unspecified atom stereocenters. The Bertz CT molecular complexity index is 563. The minimum atomic E-state index is -0.303. The number of carbonyl (C=O) groups is 1. The summed E-state index contributed by atoms with van der Waals surface area (Å²) < 4.78 is 1.80. The van der Waals surface area contributed by atoms with Crippen molar-refractivity contribution in [2.45, 2.75) is 32.5 Å². The van der Waals surface area contributed by atoms with Gasteiger partial charge in [-0.15, -0.1) is 24.8 Å². The summed E-state index contributed by atoms with van der Waals surface area (Å²) in [5, 5.41) is 7.12. The first kappa shape index (κ1) is 21.4. The van der Waals surface area contributed by atoms with E-state index in [9.17, 15) is 4.79 Å². The van der Waals surface area contributed by atoms with Crippen LogP contribution < -0.4 is 11.1 Å². The van der Waals surface area contributed by atoms with Gasteiger partial charge in [-0.2, -0.15) is 5.10 Å². The molecule has 0 saturated carbocycles. The molecule has 0 bridgehead atoms. The molecule has 0 spiro atoms. The highest BCUT2D eigenvalue weighted by Gasteiger charge is 2.23. The molecule has 0 saturated heterocycles. The van der Waals surface area contributed by atoms with Gasteiger partial charge in [0.25, 0.3) is 0 Å². The highest BCUT2D eigenvalue weighted by molar-refractivity contribution is 5.85. The van der Waals surface area contributed by atoms with E-state index in [1.807, 2.05) is 56.4 Å². The standard InChI is InChI=1S/C16H22N4O.2ClH/c1-12(11-20-10-6-9-18-20)19-16(21)13(2)15(17)14-7-4-3-5-8-14;;/h3-10,12-13,15H,11,17H2,1-2H3,(H,19,21);2*1H. The largest absolute Gasteiger partial charge is 0.351 e. The van der Waals surface area contributed by atoms with Gasteiger partial charge in [0, 0.05) is 24.5 Å². The fourth-order valence-corrected chi connectivity index (χ4v) is 2.24. The number of carbonyl (C=O) groups excluding carboxylic acids is 1. The molecule has 0 aliphatic heterocycles. The van der Waals surface area contributed by atoms with Gasteiger partial charge in [0.05, 0.1) is 12.5 Å². The first-order valence-electron chi connectivity index (χ1n) is 7.16. The number of nitrogens with zero attached hydrogens (tertiary/aromatic N) is 2. The van der Waals surface area contributed by atoms with E-state index in [2.05, 4.69) is 10.4 Å². The van der Waals surface area contributed by atoms with E-state index >= 15 is 0 Å². The predicted octanol–water partition coefficient (Wildman–Crippen LogP) is 2.57. The Labute approximate surface area is 149 Å². The van der Waals surface area contributed by atoms with Crippen molar-refractivity contribution in [3.8, 4) is 0 Å². The highest BCUT2D eigenvalue weighted by Crippen LogP contribution is 2.19. The lowest BCUT2D eigenvalue weighted by molar-refractivity contribution is -0.125. The molecule has 0 aliphatic rings. The zero-order chi connectivity index (χ0) is 15.2. The van der Waals surface area contributed by atoms with Gasteiger partial charge in [-0.25, -0.2) is 0 Å². The Hall–Kier alpha value is -1.56. The monoisotopic (exact) mass is 358 g/mol. The summed E-state index contributed by atoms with van der Waals surface area (Å²) >= 11 is 0. The molecule has 1 aromatic carbocycles. The van der Waals surface area contributed by atoms with Gasteiger partial charge < -0.3 is 11.1 Å². The zero-order valence-electron chi connectivity index (χ0n) is 13.3. The number of nitrogens with one attached hydrogen (secondary N) is 1. The molecule has 0 radical (unpaired) electrons. The summed E-state index contributed by atoms with van der Waals surface area (Å²) in [5.41, 5.74) is 7.14. The van der Waals surface area contributed by atoms with Gasteiger partial charge in [-0.1, -0.05) is 37.3 Å². The SMILES string of the molecule is CC(Cn1cccn1)NC(=O)C(C)C(N)c1ccccc1.Cl.Cl. The van der Waals surface area contributed by atoms with Crippen LogP contribution in [0.15, 0.2) is 48.8 Å². The summed E-state index contributed by atoms with van der Waals surface area (Å²) in [4.78, 5) is 12.3. The third-order valence-corrected chi connectivity index (χ3v) is 3.55. The maximum Gasteiger partial charge on any atom is 0.225 e. The van der Waals surface area contributed by atoms with Gasteiger partial charge in [0.1, 0.15) is 0 Å². The number of rotatable bonds is 6. The lowest BCUT2D eigenvalue weighted by Crippen LogP contribution is -2.41. The summed E-state index contributed by atoms with van der Waals surface area (Å²) in [6.07, 6.45) is 3.60. The first-order chi connectivity index (χ1) is 10.1. The van der Waals surface area contributed by atoms with Gasteiger partial charge in [-0.3, -0.25) is 9.48 Å². The van der Waals surface area contributed by atoms with Gasteiger partial charge >= 0.3 is 0 Å². The second-order valence-corrected chi connectivity index (χ2v) is 5.36. The molecular formula is C16H24Cl2N4O. The molecule has 1 heterocycles. The summed E-state index contributed by atoms with van der Waals surface area (Å²) in [5.74, 6) is -0.321. The van der Waals surface area contributed by atoms with E-state index in [-0.39, 0.29) is 48.7 Å². The molecule has 0 aliphatic carbocycles. The Kier molecular flexibility index (Phi) is 9.56. The van der Waals surface area contributed by atoms with Crippen molar-refractivity contribution in [1.29, 1.82) is 0 Å². The van der Waals surface area contributed by atoms with Crippen molar-refractivity contribution < 1.29 is 4.79 Å². The number of aromatic nitrogens is 2. The third-order valence-electron chi connectivity index (χ3n) is 3.55. The van der Waals surface area contributed by atoms with Crippen LogP contribution in [0.5, 0.6) is 0 Å². The molecule has 1 amide bonds. The van der Waals surface area contributed by atoms with Crippen LogP contribution in [-0.2, 0) is 11.3 Å². The van der Waals surface area contributed by atoms with E-state index in [0.717, 1.165) is 5.56 Å². The minimum absolute atomic E-state index is 0. The van der Waals surface area contributed by atoms with Crippen molar-refractivity contribution in [2.75, 3.05) is 0 Å². The van der Waals surface area contributed by atoms with Crippen LogP contribution in [0.2, 0.25) is 0 Å². The zero-order valence-corrected chi connectivity index (χ0v) is 14.9. The average molecular weight is 359 g/mol. The molecule has 7 heteroatoms. The summed E-state index contributed by atoms with van der Waals surface area (Å²) in [6.45, 7) is 4.46. The number of hydrogen-bond donors (Lipinski definition) is 2. The van der Waals surface area contributed by atoms with Crippen LogP contribution in [0.4, 0.5) is 0 Å². The fraction of sp³-hybridized carbons (Fsp3) is 0.375. The van der Waals surface area contributed by atoms with Crippen molar-refractivity contribution in [1.82, 2.24) is 15.1 Å². The number of amides is 1.